The van der Waals surface area contributed by atoms with Crippen LogP contribution in [0.4, 0.5) is 0 Å². The molecule has 0 unspecified atom stereocenters. The van der Waals surface area contributed by atoms with Crippen molar-refractivity contribution in [2.75, 3.05) is 19.8 Å². The first-order valence-electron chi connectivity index (χ1n) is 4.85. The molecule has 0 aromatic carbocycles. The van der Waals surface area contributed by atoms with Crippen LogP contribution in [0.15, 0.2) is 0 Å². The summed E-state index contributed by atoms with van der Waals surface area (Å²) in [6, 6.07) is 0. The van der Waals surface area contributed by atoms with Crippen molar-refractivity contribution in [3.05, 3.63) is 0 Å². The monoisotopic (exact) mass is 187 g/mol. The number of rotatable bonds is 5. The highest BCUT2D eigenvalue weighted by Crippen LogP contribution is 2.11. The fourth-order valence-electron chi connectivity index (χ4n) is 1.35. The lowest BCUT2D eigenvalue weighted by molar-refractivity contribution is -0.130. The minimum Gasteiger partial charge on any atom is -0.396 e. The summed E-state index contributed by atoms with van der Waals surface area (Å²) in [5, 5.41) is 11.3. The Labute approximate surface area is 78.3 Å². The van der Waals surface area contributed by atoms with Crippen molar-refractivity contribution < 1.29 is 14.6 Å². The van der Waals surface area contributed by atoms with Gasteiger partial charge in [-0.1, -0.05) is 0 Å². The Morgan fingerprint density at radius 1 is 1.54 bits per heavy atom. The van der Waals surface area contributed by atoms with Crippen LogP contribution in [-0.2, 0) is 9.53 Å². The molecule has 0 spiro atoms. The number of nitrogens with one attached hydrogen (secondary N) is 1. The number of hydrogen-bond acceptors (Lipinski definition) is 3. The maximum absolute atomic E-state index is 11.3. The van der Waals surface area contributed by atoms with Crippen LogP contribution in [0.3, 0.4) is 0 Å². The molecule has 4 heteroatoms. The van der Waals surface area contributed by atoms with Gasteiger partial charge in [-0.3, -0.25) is 4.79 Å². The van der Waals surface area contributed by atoms with Gasteiger partial charge in [-0.2, -0.15) is 0 Å². The van der Waals surface area contributed by atoms with Gasteiger partial charge in [0.15, 0.2) is 0 Å². The van der Waals surface area contributed by atoms with E-state index in [4.69, 9.17) is 9.84 Å². The number of ether oxygens (including phenoxy) is 1. The molecule has 76 valence electrons. The summed E-state index contributed by atoms with van der Waals surface area (Å²) in [6.07, 6.45) is 3.16. The number of carbonyl (C=O) groups is 1. The highest BCUT2D eigenvalue weighted by molar-refractivity contribution is 5.80. The zero-order chi connectivity index (χ0) is 9.52. The van der Waals surface area contributed by atoms with Gasteiger partial charge in [0, 0.05) is 19.8 Å². The first kappa shape index (κ1) is 10.5. The Morgan fingerprint density at radius 3 is 3.00 bits per heavy atom. The molecule has 4 nitrogen and oxygen atoms in total. The molecule has 1 saturated heterocycles. The van der Waals surface area contributed by atoms with Gasteiger partial charge in [-0.05, 0) is 25.7 Å². The van der Waals surface area contributed by atoms with Crippen molar-refractivity contribution in [3.63, 3.8) is 0 Å². The second-order valence-electron chi connectivity index (χ2n) is 3.22. The largest absolute Gasteiger partial charge is 0.396 e. The van der Waals surface area contributed by atoms with Crippen LogP contribution in [0.2, 0.25) is 0 Å². The summed E-state index contributed by atoms with van der Waals surface area (Å²) in [4.78, 5) is 11.3. The maximum atomic E-state index is 11.3. The molecule has 1 amide bonds. The first-order chi connectivity index (χ1) is 6.34. The number of carbonyl (C=O) groups excluding carboxylic acids is 1. The highest BCUT2D eigenvalue weighted by Gasteiger charge is 2.22. The van der Waals surface area contributed by atoms with E-state index in [0.29, 0.717) is 13.2 Å². The Balaban J connectivity index is 2.03. The minimum atomic E-state index is -0.228. The minimum absolute atomic E-state index is 0.00422. The van der Waals surface area contributed by atoms with Crippen LogP contribution in [0.1, 0.15) is 25.7 Å². The van der Waals surface area contributed by atoms with Gasteiger partial charge in [0.25, 0.3) is 0 Å². The molecule has 1 heterocycles. The van der Waals surface area contributed by atoms with Crippen molar-refractivity contribution >= 4 is 5.91 Å². The Kier molecular flexibility index (Phi) is 4.78. The van der Waals surface area contributed by atoms with E-state index in [9.17, 15) is 4.79 Å². The molecule has 1 rings (SSSR count). The van der Waals surface area contributed by atoms with E-state index in [1.165, 1.54) is 0 Å². The number of aliphatic hydroxyl groups is 1. The third kappa shape index (κ3) is 3.74. The summed E-state index contributed by atoms with van der Waals surface area (Å²) >= 11 is 0. The third-order valence-electron chi connectivity index (χ3n) is 2.11. The van der Waals surface area contributed by atoms with E-state index in [2.05, 4.69) is 5.32 Å². The molecular formula is C9H17NO3. The van der Waals surface area contributed by atoms with Crippen molar-refractivity contribution in [2.45, 2.75) is 31.8 Å². The van der Waals surface area contributed by atoms with E-state index >= 15 is 0 Å². The molecule has 0 radical (unpaired) electrons. The molecule has 1 aliphatic rings. The van der Waals surface area contributed by atoms with Crippen LogP contribution in [0.5, 0.6) is 0 Å². The van der Waals surface area contributed by atoms with Crippen LogP contribution < -0.4 is 5.32 Å². The van der Waals surface area contributed by atoms with Crippen molar-refractivity contribution in [1.29, 1.82) is 0 Å². The molecule has 0 aliphatic carbocycles. The zero-order valence-corrected chi connectivity index (χ0v) is 7.79. The standard InChI is InChI=1S/C9H17NO3/c11-6-2-1-5-10-9(12)8-4-3-7-13-8/h8,11H,1-7H2,(H,10,12)/t8-/m0/s1. The smallest absolute Gasteiger partial charge is 0.249 e. The topological polar surface area (TPSA) is 58.6 Å². The molecule has 0 aromatic rings. The van der Waals surface area contributed by atoms with Crippen LogP contribution >= 0.6 is 0 Å². The van der Waals surface area contributed by atoms with Gasteiger partial charge in [-0.25, -0.2) is 0 Å². The van der Waals surface area contributed by atoms with Crippen molar-refractivity contribution in [3.8, 4) is 0 Å². The van der Waals surface area contributed by atoms with Gasteiger partial charge in [0.05, 0.1) is 0 Å². The van der Waals surface area contributed by atoms with E-state index in [1.54, 1.807) is 0 Å². The van der Waals surface area contributed by atoms with E-state index in [-0.39, 0.29) is 18.6 Å². The lowest BCUT2D eigenvalue weighted by atomic mass is 10.2. The predicted octanol–water partition coefficient (Wildman–Crippen LogP) is 0.0541. The number of amides is 1. The third-order valence-corrected chi connectivity index (χ3v) is 2.11. The molecule has 1 fully saturated rings. The fraction of sp³-hybridized carbons (Fsp3) is 0.889. The van der Waals surface area contributed by atoms with E-state index in [0.717, 1.165) is 25.7 Å². The SMILES string of the molecule is O=C(NCCCCO)[C@@H]1CCCO1. The first-order valence-corrected chi connectivity index (χ1v) is 4.85. The second kappa shape index (κ2) is 5.94. The van der Waals surface area contributed by atoms with E-state index < -0.39 is 0 Å². The lowest BCUT2D eigenvalue weighted by Gasteiger charge is -2.09. The van der Waals surface area contributed by atoms with Crippen LogP contribution in [-0.4, -0.2) is 36.9 Å². The Hall–Kier alpha value is -0.610. The lowest BCUT2D eigenvalue weighted by Crippen LogP contribution is -2.34. The van der Waals surface area contributed by atoms with Gasteiger partial charge < -0.3 is 15.2 Å². The van der Waals surface area contributed by atoms with Crippen molar-refractivity contribution in [2.24, 2.45) is 0 Å². The Morgan fingerprint density at radius 2 is 2.38 bits per heavy atom. The average molecular weight is 187 g/mol. The summed E-state index contributed by atoms with van der Waals surface area (Å²) in [6.45, 7) is 1.53. The quantitative estimate of drug-likeness (QED) is 0.598. The summed E-state index contributed by atoms with van der Waals surface area (Å²) in [5.74, 6) is -0.00422. The zero-order valence-electron chi connectivity index (χ0n) is 7.79. The summed E-state index contributed by atoms with van der Waals surface area (Å²) < 4.78 is 5.21. The maximum Gasteiger partial charge on any atom is 0.249 e. The van der Waals surface area contributed by atoms with Gasteiger partial charge in [0.1, 0.15) is 6.10 Å². The molecule has 1 atom stereocenters. The van der Waals surface area contributed by atoms with Gasteiger partial charge in [-0.15, -0.1) is 0 Å². The predicted molar refractivity (Wildman–Crippen MR) is 48.3 cm³/mol. The molecule has 0 saturated carbocycles. The normalized spacial score (nSPS) is 21.8. The Bertz CT molecular complexity index is 155. The molecule has 0 bridgehead atoms. The molecular weight excluding hydrogens is 170 g/mol. The molecule has 0 aromatic heterocycles. The number of hydrogen-bond donors (Lipinski definition) is 2. The summed E-state index contributed by atoms with van der Waals surface area (Å²) in [5.41, 5.74) is 0. The van der Waals surface area contributed by atoms with Crippen LogP contribution in [0.25, 0.3) is 0 Å². The van der Waals surface area contributed by atoms with E-state index in [1.807, 2.05) is 0 Å². The van der Waals surface area contributed by atoms with Gasteiger partial charge in [0.2, 0.25) is 5.91 Å². The molecule has 1 aliphatic heterocycles. The highest BCUT2D eigenvalue weighted by atomic mass is 16.5. The van der Waals surface area contributed by atoms with Gasteiger partial charge >= 0.3 is 0 Å². The average Bonchev–Trinajstić information content (AvgIpc) is 2.65. The molecule has 2 N–H and O–H groups in total. The summed E-state index contributed by atoms with van der Waals surface area (Å²) in [7, 11) is 0. The van der Waals surface area contributed by atoms with Crippen LogP contribution in [0, 0.1) is 0 Å². The number of unbranched alkanes of at least 4 members (excludes halogenated alkanes) is 1. The van der Waals surface area contributed by atoms with Crippen molar-refractivity contribution in [1.82, 2.24) is 5.32 Å². The second-order valence-corrected chi connectivity index (χ2v) is 3.22. The molecule has 13 heavy (non-hydrogen) atoms. The number of aliphatic hydroxyl groups excluding tert-OH is 1. The fourth-order valence-corrected chi connectivity index (χ4v) is 1.35.